The summed E-state index contributed by atoms with van der Waals surface area (Å²) in [5, 5.41) is 39.0. The number of rotatable bonds is 4. The van der Waals surface area contributed by atoms with Crippen LogP contribution in [0.5, 0.6) is 0 Å². The van der Waals surface area contributed by atoms with E-state index in [9.17, 15) is 24.9 Å². The van der Waals surface area contributed by atoms with E-state index >= 15 is 0 Å². The predicted octanol–water partition coefficient (Wildman–Crippen LogP) is 0.0852. The number of hydrogen-bond donors (Lipinski definition) is 4. The maximum atomic E-state index is 13.5. The van der Waals surface area contributed by atoms with E-state index in [2.05, 4.69) is 5.32 Å². The number of fused-ring (bicyclic) bond motifs is 3. The lowest BCUT2D eigenvalue weighted by Crippen LogP contribution is -2.72. The van der Waals surface area contributed by atoms with Crippen LogP contribution in [0.25, 0.3) is 0 Å². The third kappa shape index (κ3) is 6.16. The van der Waals surface area contributed by atoms with Gasteiger partial charge in [0.25, 0.3) is 0 Å². The molecule has 0 aromatic carbocycles. The predicted molar refractivity (Wildman–Crippen MR) is 159 cm³/mol. The van der Waals surface area contributed by atoms with Crippen molar-refractivity contribution in [2.24, 2.45) is 17.8 Å². The van der Waals surface area contributed by atoms with E-state index in [0.29, 0.717) is 13.0 Å². The molecule has 4 fully saturated rings. The number of methoxy groups -OCH3 is 1. The van der Waals surface area contributed by atoms with Crippen LogP contribution in [0.2, 0.25) is 0 Å². The number of nitrogens with zero attached hydrogens (tertiary/aromatic N) is 2. The number of amides is 2. The van der Waals surface area contributed by atoms with E-state index in [1.807, 2.05) is 39.8 Å². The molecule has 0 unspecified atom stereocenters. The SMILES string of the molecule is CO[C@]1(C)C[C@H](O[C@H]2[C@H](C)[C@H]3O[C@@H]4O[C@H](C)C[C@H](N(C)C)[C@]4(O)[C@@]3(O)C[C@@H](C)CN(C)C(=O)CNC(=O)[C@@H]2C)O[C@@H](C)[C@@H]1O. The number of ether oxygens (including phenoxy) is 5. The third-order valence-corrected chi connectivity index (χ3v) is 10.6. The first-order valence-corrected chi connectivity index (χ1v) is 15.9. The Labute approximate surface area is 261 Å². The van der Waals surface area contributed by atoms with Gasteiger partial charge in [0.2, 0.25) is 11.8 Å². The quantitative estimate of drug-likeness (QED) is 0.334. The van der Waals surface area contributed by atoms with Crippen molar-refractivity contribution >= 4 is 11.8 Å². The summed E-state index contributed by atoms with van der Waals surface area (Å²) in [7, 11) is 6.88. The number of hydrogen-bond acceptors (Lipinski definition) is 11. The zero-order valence-corrected chi connectivity index (χ0v) is 28.0. The smallest absolute Gasteiger partial charge is 0.241 e. The van der Waals surface area contributed by atoms with Crippen molar-refractivity contribution in [2.45, 2.75) is 127 Å². The molecule has 14 atom stereocenters. The monoisotopic (exact) mass is 629 g/mol. The van der Waals surface area contributed by atoms with Gasteiger partial charge in [-0.1, -0.05) is 20.8 Å². The van der Waals surface area contributed by atoms with Crippen molar-refractivity contribution in [3.8, 4) is 0 Å². The van der Waals surface area contributed by atoms with Crippen molar-refractivity contribution in [1.29, 1.82) is 0 Å². The molecule has 4 saturated heterocycles. The van der Waals surface area contributed by atoms with Crippen LogP contribution in [-0.4, -0.2) is 144 Å². The molecule has 4 aliphatic rings. The van der Waals surface area contributed by atoms with Crippen LogP contribution in [0.1, 0.15) is 60.8 Å². The Hall–Kier alpha value is -1.42. The molecular formula is C31H55N3O10. The molecule has 0 spiro atoms. The van der Waals surface area contributed by atoms with Crippen molar-refractivity contribution in [2.75, 3.05) is 41.3 Å². The Morgan fingerprint density at radius 2 is 1.70 bits per heavy atom. The van der Waals surface area contributed by atoms with Gasteiger partial charge in [0.05, 0.1) is 42.5 Å². The van der Waals surface area contributed by atoms with E-state index < -0.39 is 77.6 Å². The van der Waals surface area contributed by atoms with Gasteiger partial charge < -0.3 is 54.1 Å². The van der Waals surface area contributed by atoms with Gasteiger partial charge in [-0.3, -0.25) is 9.59 Å². The van der Waals surface area contributed by atoms with Crippen molar-refractivity contribution < 1.29 is 48.6 Å². The fraction of sp³-hybridized carbons (Fsp3) is 0.935. The van der Waals surface area contributed by atoms with E-state index in [4.69, 9.17) is 23.7 Å². The van der Waals surface area contributed by atoms with Gasteiger partial charge in [0.15, 0.2) is 18.2 Å². The van der Waals surface area contributed by atoms with Gasteiger partial charge in [-0.05, 0) is 53.6 Å². The molecule has 0 aromatic heterocycles. The molecule has 0 radical (unpaired) electrons. The average molecular weight is 630 g/mol. The zero-order valence-electron chi connectivity index (χ0n) is 28.0. The Morgan fingerprint density at radius 3 is 2.32 bits per heavy atom. The second-order valence-corrected chi connectivity index (χ2v) is 14.3. The summed E-state index contributed by atoms with van der Waals surface area (Å²) < 4.78 is 31.0. The summed E-state index contributed by atoms with van der Waals surface area (Å²) in [5.74, 6) is -2.44. The van der Waals surface area contributed by atoms with Gasteiger partial charge in [0.1, 0.15) is 11.7 Å². The average Bonchev–Trinajstić information content (AvgIpc) is 3.17. The van der Waals surface area contributed by atoms with Crippen LogP contribution in [0, 0.1) is 17.8 Å². The molecule has 4 aliphatic heterocycles. The van der Waals surface area contributed by atoms with Crippen molar-refractivity contribution in [3.05, 3.63) is 0 Å². The minimum Gasteiger partial charge on any atom is -0.387 e. The molecule has 4 rings (SSSR count). The molecule has 254 valence electrons. The highest BCUT2D eigenvalue weighted by Gasteiger charge is 2.73. The fourth-order valence-electron chi connectivity index (χ4n) is 7.98. The first kappa shape index (κ1) is 35.4. The summed E-state index contributed by atoms with van der Waals surface area (Å²) in [6, 6.07) is -0.507. The normalized spacial score (nSPS) is 49.4. The largest absolute Gasteiger partial charge is 0.387 e. The fourth-order valence-corrected chi connectivity index (χ4v) is 7.98. The number of carbonyl (C=O) groups is 2. The van der Waals surface area contributed by atoms with Crippen LogP contribution < -0.4 is 5.32 Å². The lowest BCUT2D eigenvalue weighted by atomic mass is 9.66. The molecule has 4 heterocycles. The van der Waals surface area contributed by atoms with Crippen LogP contribution in [0.15, 0.2) is 0 Å². The van der Waals surface area contributed by atoms with Gasteiger partial charge in [-0.2, -0.15) is 0 Å². The van der Waals surface area contributed by atoms with Crippen molar-refractivity contribution in [1.82, 2.24) is 15.1 Å². The lowest BCUT2D eigenvalue weighted by Gasteiger charge is -2.52. The molecule has 44 heavy (non-hydrogen) atoms. The maximum Gasteiger partial charge on any atom is 0.241 e. The molecule has 0 saturated carbocycles. The standard InChI is InChI=1S/C31H55N3O10/c1-16-12-30(38)26(44-28-31(30,39)21(33(7)8)11-17(2)41-28)18(3)24(19(4)27(37)32-14-22(35)34(9)15-16)43-23-13-29(6,40-10)25(36)20(5)42-23/h16-21,23-26,28,36,38-39H,11-15H2,1-10H3,(H,32,37)/t16-,17-,18+,19-,20+,21+,23+,24+,25+,26-,28+,29-,30-,31-/m1/s1. The van der Waals surface area contributed by atoms with Gasteiger partial charge in [-0.25, -0.2) is 0 Å². The molecule has 0 aromatic rings. The topological polar surface area (TPSA) is 159 Å². The van der Waals surface area contributed by atoms with Crippen LogP contribution in [-0.2, 0) is 33.3 Å². The number of carbonyl (C=O) groups excluding carboxylic acids is 2. The summed E-state index contributed by atoms with van der Waals surface area (Å²) >= 11 is 0. The second-order valence-electron chi connectivity index (χ2n) is 14.3. The highest BCUT2D eigenvalue weighted by atomic mass is 16.7. The minimum absolute atomic E-state index is 0.0993. The number of aliphatic hydroxyl groups excluding tert-OH is 1. The first-order chi connectivity index (χ1) is 20.4. The van der Waals surface area contributed by atoms with E-state index in [-0.39, 0.29) is 37.3 Å². The molecule has 13 nitrogen and oxygen atoms in total. The molecule has 0 aliphatic carbocycles. The highest BCUT2D eigenvalue weighted by Crippen LogP contribution is 2.53. The van der Waals surface area contributed by atoms with Gasteiger partial charge >= 0.3 is 0 Å². The van der Waals surface area contributed by atoms with Gasteiger partial charge in [0, 0.05) is 39.1 Å². The molecule has 13 heteroatoms. The summed E-state index contributed by atoms with van der Waals surface area (Å²) in [5.41, 5.74) is -4.65. The Kier molecular flexibility index (Phi) is 10.5. The number of likely N-dealkylation sites (N-methyl/N-ethyl adjacent to an activating group) is 2. The second kappa shape index (κ2) is 13.0. The summed E-state index contributed by atoms with van der Waals surface area (Å²) in [6.45, 7) is 11.0. The van der Waals surface area contributed by atoms with E-state index in [1.165, 1.54) is 12.0 Å². The van der Waals surface area contributed by atoms with E-state index in [0.717, 1.165) is 0 Å². The zero-order chi connectivity index (χ0) is 32.9. The molecule has 2 amide bonds. The first-order valence-electron chi connectivity index (χ1n) is 15.9. The number of aliphatic hydroxyl groups is 3. The van der Waals surface area contributed by atoms with Crippen LogP contribution in [0.4, 0.5) is 0 Å². The van der Waals surface area contributed by atoms with Crippen LogP contribution in [0.3, 0.4) is 0 Å². The van der Waals surface area contributed by atoms with Crippen LogP contribution >= 0.6 is 0 Å². The Morgan fingerprint density at radius 1 is 1.05 bits per heavy atom. The lowest BCUT2D eigenvalue weighted by molar-refractivity contribution is -0.299. The summed E-state index contributed by atoms with van der Waals surface area (Å²) in [4.78, 5) is 29.9. The molecule has 0 bridgehead atoms. The van der Waals surface area contributed by atoms with Crippen molar-refractivity contribution in [3.63, 3.8) is 0 Å². The Balaban J connectivity index is 1.80. The molecule has 4 N–H and O–H groups in total. The maximum absolute atomic E-state index is 13.5. The van der Waals surface area contributed by atoms with Gasteiger partial charge in [-0.15, -0.1) is 0 Å². The Bertz CT molecular complexity index is 1050. The molecular weight excluding hydrogens is 574 g/mol. The third-order valence-electron chi connectivity index (χ3n) is 10.6. The highest BCUT2D eigenvalue weighted by molar-refractivity contribution is 5.85. The summed E-state index contributed by atoms with van der Waals surface area (Å²) in [6.07, 6.45) is -4.96. The van der Waals surface area contributed by atoms with E-state index in [1.54, 1.807) is 27.8 Å². The minimum atomic E-state index is -1.85. The number of nitrogens with one attached hydrogen (secondary N) is 1.